The first-order valence-corrected chi connectivity index (χ1v) is 9.08. The highest BCUT2D eigenvalue weighted by Gasteiger charge is 2.14. The summed E-state index contributed by atoms with van der Waals surface area (Å²) < 4.78 is 12.8. The topological polar surface area (TPSA) is 41.1 Å². The maximum absolute atomic E-state index is 12.8. The van der Waals surface area contributed by atoms with Crippen LogP contribution < -0.4 is 10.6 Å². The van der Waals surface area contributed by atoms with Crippen LogP contribution in [0.1, 0.15) is 32.1 Å². The number of hydrogen-bond donors (Lipinski definition) is 2. The van der Waals surface area contributed by atoms with Gasteiger partial charge in [0.2, 0.25) is 5.91 Å². The fraction of sp³-hybridized carbons (Fsp3) is 0.588. The first kappa shape index (κ1) is 20.3. The molecule has 1 amide bonds. The zero-order valence-corrected chi connectivity index (χ0v) is 15.0. The van der Waals surface area contributed by atoms with E-state index in [0.29, 0.717) is 12.3 Å². The number of thioether (sulfide) groups is 1. The molecule has 6 heteroatoms. The predicted molar refractivity (Wildman–Crippen MR) is 96.8 cm³/mol. The summed E-state index contributed by atoms with van der Waals surface area (Å²) in [5.74, 6) is 1.61. The smallest absolute Gasteiger partial charge is 0.220 e. The van der Waals surface area contributed by atoms with Crippen molar-refractivity contribution in [3.05, 3.63) is 30.1 Å². The van der Waals surface area contributed by atoms with Gasteiger partial charge in [-0.3, -0.25) is 4.79 Å². The quantitative estimate of drug-likeness (QED) is 0.549. The van der Waals surface area contributed by atoms with Crippen LogP contribution in [0.4, 0.5) is 4.39 Å². The molecule has 0 saturated carbocycles. The van der Waals surface area contributed by atoms with E-state index in [-0.39, 0.29) is 24.1 Å². The van der Waals surface area contributed by atoms with Crippen molar-refractivity contribution in [3.8, 4) is 0 Å². The molecule has 0 bridgehead atoms. The maximum Gasteiger partial charge on any atom is 0.220 e. The van der Waals surface area contributed by atoms with Crippen LogP contribution in [0.15, 0.2) is 29.2 Å². The van der Waals surface area contributed by atoms with Gasteiger partial charge in [0.05, 0.1) is 0 Å². The van der Waals surface area contributed by atoms with Gasteiger partial charge >= 0.3 is 0 Å². The molecule has 23 heavy (non-hydrogen) atoms. The molecule has 1 aromatic carbocycles. The van der Waals surface area contributed by atoms with Crippen molar-refractivity contribution >= 4 is 30.1 Å². The summed E-state index contributed by atoms with van der Waals surface area (Å²) in [4.78, 5) is 12.8. The van der Waals surface area contributed by atoms with Crippen LogP contribution in [-0.4, -0.2) is 31.3 Å². The van der Waals surface area contributed by atoms with Gasteiger partial charge in [-0.1, -0.05) is 0 Å². The minimum atomic E-state index is -0.203. The second kappa shape index (κ2) is 11.7. The summed E-state index contributed by atoms with van der Waals surface area (Å²) in [5.41, 5.74) is 0. The number of carbonyl (C=O) groups is 1. The van der Waals surface area contributed by atoms with Gasteiger partial charge in [0.1, 0.15) is 5.82 Å². The summed E-state index contributed by atoms with van der Waals surface area (Å²) in [5, 5.41) is 6.33. The van der Waals surface area contributed by atoms with E-state index in [1.165, 1.54) is 25.0 Å². The monoisotopic (exact) mass is 360 g/mol. The minimum absolute atomic E-state index is 0. The van der Waals surface area contributed by atoms with E-state index in [1.54, 1.807) is 23.9 Å². The molecule has 1 heterocycles. The fourth-order valence-corrected chi connectivity index (χ4v) is 3.47. The van der Waals surface area contributed by atoms with Crippen molar-refractivity contribution in [2.24, 2.45) is 5.92 Å². The molecular formula is C17H26ClFN2OS. The molecule has 0 aliphatic carbocycles. The van der Waals surface area contributed by atoms with Crippen LogP contribution in [0.2, 0.25) is 0 Å². The third kappa shape index (κ3) is 8.58. The number of benzene rings is 1. The highest BCUT2D eigenvalue weighted by atomic mass is 35.5. The molecule has 0 aromatic heterocycles. The molecule has 0 atom stereocenters. The number of carbonyl (C=O) groups excluding carboxylic acids is 1. The van der Waals surface area contributed by atoms with E-state index < -0.39 is 0 Å². The molecule has 0 spiro atoms. The van der Waals surface area contributed by atoms with Crippen molar-refractivity contribution in [2.45, 2.75) is 37.0 Å². The van der Waals surface area contributed by atoms with Gasteiger partial charge in [0, 0.05) is 17.9 Å². The Balaban J connectivity index is 0.00000264. The van der Waals surface area contributed by atoms with Crippen molar-refractivity contribution in [3.63, 3.8) is 0 Å². The van der Waals surface area contributed by atoms with E-state index in [9.17, 15) is 9.18 Å². The molecule has 1 aliphatic heterocycles. The average molecular weight is 361 g/mol. The number of piperidine rings is 1. The summed E-state index contributed by atoms with van der Waals surface area (Å²) in [7, 11) is 0. The zero-order chi connectivity index (χ0) is 15.6. The van der Waals surface area contributed by atoms with Gasteiger partial charge in [-0.2, -0.15) is 0 Å². The van der Waals surface area contributed by atoms with E-state index in [2.05, 4.69) is 10.6 Å². The van der Waals surface area contributed by atoms with Crippen molar-refractivity contribution in [1.29, 1.82) is 0 Å². The SMILES string of the molecule is Cl.O=C(CCC1CCNCC1)NCCCSc1ccc(F)cc1. The van der Waals surface area contributed by atoms with Crippen molar-refractivity contribution < 1.29 is 9.18 Å². The zero-order valence-electron chi connectivity index (χ0n) is 13.4. The van der Waals surface area contributed by atoms with E-state index in [1.807, 2.05) is 0 Å². The Morgan fingerprint density at radius 3 is 2.65 bits per heavy atom. The standard InChI is InChI=1S/C17H25FN2OS.ClH/c18-15-3-5-16(6-4-15)22-13-1-10-20-17(21)7-2-14-8-11-19-12-9-14;/h3-6,14,19H,1-2,7-13H2,(H,20,21);1H. The van der Waals surface area contributed by atoms with E-state index in [0.717, 1.165) is 43.1 Å². The predicted octanol–water partition coefficient (Wildman–Crippen LogP) is 3.63. The van der Waals surface area contributed by atoms with E-state index >= 15 is 0 Å². The van der Waals surface area contributed by atoms with Crippen LogP contribution in [0.3, 0.4) is 0 Å². The maximum atomic E-state index is 12.8. The number of hydrogen-bond acceptors (Lipinski definition) is 3. The minimum Gasteiger partial charge on any atom is -0.356 e. The van der Waals surface area contributed by atoms with Crippen LogP contribution in [0.5, 0.6) is 0 Å². The lowest BCUT2D eigenvalue weighted by Crippen LogP contribution is -2.29. The molecule has 3 nitrogen and oxygen atoms in total. The van der Waals surface area contributed by atoms with Crippen LogP contribution in [0, 0.1) is 11.7 Å². The molecule has 2 rings (SSSR count). The molecule has 0 radical (unpaired) electrons. The summed E-state index contributed by atoms with van der Waals surface area (Å²) in [6, 6.07) is 6.53. The van der Waals surface area contributed by atoms with Gasteiger partial charge in [0.15, 0.2) is 0 Å². The molecule has 1 aromatic rings. The highest BCUT2D eigenvalue weighted by Crippen LogP contribution is 2.19. The largest absolute Gasteiger partial charge is 0.356 e. The fourth-order valence-electron chi connectivity index (χ4n) is 2.61. The normalized spacial score (nSPS) is 15.0. The highest BCUT2D eigenvalue weighted by molar-refractivity contribution is 7.99. The average Bonchev–Trinajstić information content (AvgIpc) is 2.55. The molecule has 1 saturated heterocycles. The second-order valence-electron chi connectivity index (χ2n) is 5.74. The van der Waals surface area contributed by atoms with Crippen molar-refractivity contribution in [1.82, 2.24) is 10.6 Å². The summed E-state index contributed by atoms with van der Waals surface area (Å²) in [6.07, 6.45) is 4.98. The Labute approximate surface area is 148 Å². The Morgan fingerprint density at radius 1 is 1.26 bits per heavy atom. The first-order valence-electron chi connectivity index (χ1n) is 8.10. The number of halogens is 2. The number of amides is 1. The van der Waals surface area contributed by atoms with Gasteiger partial charge in [-0.05, 0) is 74.7 Å². The number of rotatable bonds is 8. The molecule has 2 N–H and O–H groups in total. The molecular weight excluding hydrogens is 335 g/mol. The Hall–Kier alpha value is -0.780. The van der Waals surface area contributed by atoms with E-state index in [4.69, 9.17) is 0 Å². The van der Waals surface area contributed by atoms with Crippen LogP contribution in [0.25, 0.3) is 0 Å². The lowest BCUT2D eigenvalue weighted by molar-refractivity contribution is -0.121. The molecule has 130 valence electrons. The molecule has 0 unspecified atom stereocenters. The van der Waals surface area contributed by atoms with Gasteiger partial charge < -0.3 is 10.6 Å². The molecule has 1 fully saturated rings. The lowest BCUT2D eigenvalue weighted by atomic mass is 9.93. The lowest BCUT2D eigenvalue weighted by Gasteiger charge is -2.22. The number of nitrogens with one attached hydrogen (secondary N) is 2. The summed E-state index contributed by atoms with van der Waals surface area (Å²) >= 11 is 1.69. The van der Waals surface area contributed by atoms with Gasteiger partial charge in [-0.25, -0.2) is 4.39 Å². The third-order valence-electron chi connectivity index (χ3n) is 3.96. The van der Waals surface area contributed by atoms with Crippen LogP contribution in [-0.2, 0) is 4.79 Å². The van der Waals surface area contributed by atoms with Gasteiger partial charge in [-0.15, -0.1) is 24.2 Å². The Morgan fingerprint density at radius 2 is 1.96 bits per heavy atom. The summed E-state index contributed by atoms with van der Waals surface area (Å²) in [6.45, 7) is 2.90. The Bertz CT molecular complexity index is 452. The first-order chi connectivity index (χ1) is 10.7. The second-order valence-corrected chi connectivity index (χ2v) is 6.91. The van der Waals surface area contributed by atoms with Crippen LogP contribution >= 0.6 is 24.2 Å². The third-order valence-corrected chi connectivity index (χ3v) is 5.06. The van der Waals surface area contributed by atoms with Gasteiger partial charge in [0.25, 0.3) is 0 Å². The van der Waals surface area contributed by atoms with Crippen molar-refractivity contribution in [2.75, 3.05) is 25.4 Å². The molecule has 1 aliphatic rings. The Kier molecular flexibility index (Phi) is 10.3.